The molecule has 1 aromatic heterocycles. The number of hydrogen-bond acceptors (Lipinski definition) is 5. The molecule has 0 bridgehead atoms. The summed E-state index contributed by atoms with van der Waals surface area (Å²) in [5.41, 5.74) is 7.35. The number of carbonyl (C=O) groups excluding carboxylic acids is 1. The van der Waals surface area contributed by atoms with Crippen molar-refractivity contribution in [3.05, 3.63) is 47.5 Å². The molecule has 3 N–H and O–H groups in total. The fraction of sp³-hybridized carbons (Fsp3) is 0.421. The Kier molecular flexibility index (Phi) is 5.35. The minimum Gasteiger partial charge on any atom is -0.369 e. The molecule has 26 heavy (non-hydrogen) atoms. The highest BCUT2D eigenvalue weighted by Gasteiger charge is 2.25. The van der Waals surface area contributed by atoms with Gasteiger partial charge in [0.1, 0.15) is 11.5 Å². The van der Waals surface area contributed by atoms with Crippen molar-refractivity contribution in [1.82, 2.24) is 15.3 Å². The van der Waals surface area contributed by atoms with Gasteiger partial charge in [0, 0.05) is 25.3 Å². The summed E-state index contributed by atoms with van der Waals surface area (Å²) in [6, 6.07) is 8.45. The van der Waals surface area contributed by atoms with Crippen LogP contribution < -0.4 is 16.0 Å². The van der Waals surface area contributed by atoms with Crippen molar-refractivity contribution in [3.63, 3.8) is 0 Å². The van der Waals surface area contributed by atoms with Gasteiger partial charge in [-0.15, -0.1) is 0 Å². The number of nitrogen functional groups attached to an aromatic ring is 1. The molecule has 1 aromatic carbocycles. The Morgan fingerprint density at radius 3 is 2.88 bits per heavy atom. The van der Waals surface area contributed by atoms with Crippen LogP contribution in [-0.4, -0.2) is 35.5 Å². The number of halogens is 1. The van der Waals surface area contributed by atoms with Crippen molar-refractivity contribution in [2.75, 3.05) is 30.3 Å². The summed E-state index contributed by atoms with van der Waals surface area (Å²) >= 11 is 0. The standard InChI is InChI=1S/C19H24FN5O/c1-12(2)15-9-16(24-19(21)23-15)18(26)22-10-13-7-8-25(11-13)17-6-4-3-5-14(17)20/h3-6,9,12-13H,7-8,10-11H2,1-2H3,(H,22,26)(H2,21,23,24). The molecule has 1 aliphatic heterocycles. The summed E-state index contributed by atoms with van der Waals surface area (Å²) < 4.78 is 13.9. The SMILES string of the molecule is CC(C)c1cc(C(=O)NCC2CCN(c3ccccc3F)C2)nc(N)n1. The van der Waals surface area contributed by atoms with Crippen molar-refractivity contribution in [3.8, 4) is 0 Å². The van der Waals surface area contributed by atoms with E-state index in [0.29, 0.717) is 18.8 Å². The van der Waals surface area contributed by atoms with E-state index in [2.05, 4.69) is 15.3 Å². The molecule has 0 spiro atoms. The third kappa shape index (κ3) is 4.09. The molecular weight excluding hydrogens is 333 g/mol. The van der Waals surface area contributed by atoms with Gasteiger partial charge in [-0.1, -0.05) is 26.0 Å². The van der Waals surface area contributed by atoms with Crippen LogP contribution in [-0.2, 0) is 0 Å². The zero-order valence-electron chi connectivity index (χ0n) is 15.1. The minimum absolute atomic E-state index is 0.105. The van der Waals surface area contributed by atoms with Crippen LogP contribution in [0, 0.1) is 11.7 Å². The molecule has 1 atom stereocenters. The van der Waals surface area contributed by atoms with E-state index in [9.17, 15) is 9.18 Å². The molecule has 1 fully saturated rings. The van der Waals surface area contributed by atoms with Crippen LogP contribution in [0.2, 0.25) is 0 Å². The second-order valence-electron chi connectivity index (χ2n) is 6.95. The van der Waals surface area contributed by atoms with E-state index in [4.69, 9.17) is 5.73 Å². The number of nitrogens with two attached hydrogens (primary N) is 1. The van der Waals surface area contributed by atoms with Gasteiger partial charge in [-0.25, -0.2) is 14.4 Å². The summed E-state index contributed by atoms with van der Waals surface area (Å²) in [5.74, 6) is 0.0615. The van der Waals surface area contributed by atoms with Gasteiger partial charge in [0.25, 0.3) is 5.91 Å². The predicted octanol–water partition coefficient (Wildman–Crippen LogP) is 2.58. The number of nitrogens with zero attached hydrogens (tertiary/aromatic N) is 3. The number of benzene rings is 1. The Labute approximate surface area is 152 Å². The molecule has 0 saturated carbocycles. The first-order valence-corrected chi connectivity index (χ1v) is 8.86. The van der Waals surface area contributed by atoms with Crippen LogP contribution in [0.4, 0.5) is 16.0 Å². The van der Waals surface area contributed by atoms with Gasteiger partial charge in [0.05, 0.1) is 5.69 Å². The van der Waals surface area contributed by atoms with E-state index in [0.717, 1.165) is 18.7 Å². The molecule has 7 heteroatoms. The topological polar surface area (TPSA) is 84.1 Å². The van der Waals surface area contributed by atoms with E-state index < -0.39 is 0 Å². The van der Waals surface area contributed by atoms with Crippen LogP contribution in [0.3, 0.4) is 0 Å². The lowest BCUT2D eigenvalue weighted by Gasteiger charge is -2.19. The lowest BCUT2D eigenvalue weighted by atomic mass is 10.1. The smallest absolute Gasteiger partial charge is 0.270 e. The monoisotopic (exact) mass is 357 g/mol. The molecule has 1 aliphatic rings. The number of amides is 1. The maximum Gasteiger partial charge on any atom is 0.270 e. The van der Waals surface area contributed by atoms with Gasteiger partial charge >= 0.3 is 0 Å². The average molecular weight is 357 g/mol. The number of anilines is 2. The quantitative estimate of drug-likeness (QED) is 0.859. The zero-order chi connectivity index (χ0) is 18.7. The molecular formula is C19H24FN5O. The number of rotatable bonds is 5. The Hall–Kier alpha value is -2.70. The van der Waals surface area contributed by atoms with Gasteiger partial charge in [-0.2, -0.15) is 0 Å². The molecule has 2 heterocycles. The van der Waals surface area contributed by atoms with Gasteiger partial charge in [-0.05, 0) is 36.5 Å². The van der Waals surface area contributed by atoms with E-state index >= 15 is 0 Å². The summed E-state index contributed by atoms with van der Waals surface area (Å²) in [4.78, 5) is 22.6. The third-order valence-corrected chi connectivity index (χ3v) is 4.62. The fourth-order valence-corrected chi connectivity index (χ4v) is 3.15. The van der Waals surface area contributed by atoms with Crippen molar-refractivity contribution in [2.45, 2.75) is 26.2 Å². The first kappa shape index (κ1) is 18.1. The molecule has 0 aliphatic carbocycles. The van der Waals surface area contributed by atoms with E-state index in [-0.39, 0.29) is 35.2 Å². The molecule has 3 rings (SSSR count). The lowest BCUT2D eigenvalue weighted by Crippen LogP contribution is -2.32. The Bertz CT molecular complexity index is 795. The second kappa shape index (κ2) is 7.68. The highest BCUT2D eigenvalue weighted by molar-refractivity contribution is 5.92. The number of nitrogens with one attached hydrogen (secondary N) is 1. The Morgan fingerprint density at radius 2 is 2.15 bits per heavy atom. The van der Waals surface area contributed by atoms with Crippen molar-refractivity contribution < 1.29 is 9.18 Å². The molecule has 1 unspecified atom stereocenters. The van der Waals surface area contributed by atoms with E-state index in [1.807, 2.05) is 24.8 Å². The third-order valence-electron chi connectivity index (χ3n) is 4.62. The number of para-hydroxylation sites is 1. The van der Waals surface area contributed by atoms with E-state index in [1.54, 1.807) is 18.2 Å². The van der Waals surface area contributed by atoms with Crippen LogP contribution in [0.1, 0.15) is 42.4 Å². The highest BCUT2D eigenvalue weighted by Crippen LogP contribution is 2.25. The van der Waals surface area contributed by atoms with Crippen molar-refractivity contribution in [2.24, 2.45) is 5.92 Å². The summed E-state index contributed by atoms with van der Waals surface area (Å²) in [7, 11) is 0. The molecule has 138 valence electrons. The molecule has 2 aromatic rings. The van der Waals surface area contributed by atoms with E-state index in [1.165, 1.54) is 6.07 Å². The lowest BCUT2D eigenvalue weighted by molar-refractivity contribution is 0.0943. The van der Waals surface area contributed by atoms with Gasteiger partial charge in [-0.3, -0.25) is 4.79 Å². The molecule has 1 saturated heterocycles. The van der Waals surface area contributed by atoms with Crippen LogP contribution in [0.15, 0.2) is 30.3 Å². The fourth-order valence-electron chi connectivity index (χ4n) is 3.15. The molecule has 0 radical (unpaired) electrons. The summed E-state index contributed by atoms with van der Waals surface area (Å²) in [5, 5.41) is 2.92. The van der Waals surface area contributed by atoms with Gasteiger partial charge in [0.15, 0.2) is 0 Å². The van der Waals surface area contributed by atoms with Crippen LogP contribution in [0.5, 0.6) is 0 Å². The first-order chi connectivity index (χ1) is 12.4. The van der Waals surface area contributed by atoms with Crippen molar-refractivity contribution >= 4 is 17.5 Å². The maximum absolute atomic E-state index is 13.9. The number of hydrogen-bond donors (Lipinski definition) is 2. The second-order valence-corrected chi connectivity index (χ2v) is 6.95. The molecule has 6 nitrogen and oxygen atoms in total. The number of carbonyl (C=O) groups is 1. The predicted molar refractivity (Wildman–Crippen MR) is 99.6 cm³/mol. The Morgan fingerprint density at radius 1 is 1.38 bits per heavy atom. The zero-order valence-corrected chi connectivity index (χ0v) is 15.1. The van der Waals surface area contributed by atoms with Crippen LogP contribution in [0.25, 0.3) is 0 Å². The summed E-state index contributed by atoms with van der Waals surface area (Å²) in [6.07, 6.45) is 0.901. The normalized spacial score (nSPS) is 16.9. The van der Waals surface area contributed by atoms with Crippen LogP contribution >= 0.6 is 0 Å². The average Bonchev–Trinajstić information content (AvgIpc) is 3.08. The largest absolute Gasteiger partial charge is 0.369 e. The maximum atomic E-state index is 13.9. The minimum atomic E-state index is -0.259. The summed E-state index contributed by atoms with van der Waals surface area (Å²) in [6.45, 7) is 5.98. The van der Waals surface area contributed by atoms with Gasteiger partial charge in [0.2, 0.25) is 5.95 Å². The Balaban J connectivity index is 1.58. The van der Waals surface area contributed by atoms with Gasteiger partial charge < -0.3 is 16.0 Å². The highest BCUT2D eigenvalue weighted by atomic mass is 19.1. The number of aromatic nitrogens is 2. The first-order valence-electron chi connectivity index (χ1n) is 8.86. The van der Waals surface area contributed by atoms with Crippen molar-refractivity contribution in [1.29, 1.82) is 0 Å². The molecule has 1 amide bonds.